The van der Waals surface area contributed by atoms with E-state index in [1.165, 1.54) is 37.4 Å². The number of ether oxygens (including phenoxy) is 1. The first-order valence-corrected chi connectivity index (χ1v) is 10.1. The Morgan fingerprint density at radius 2 is 1.88 bits per heavy atom. The zero-order valence-electron chi connectivity index (χ0n) is 13.2. The maximum Gasteiger partial charge on any atom is 0.265 e. The summed E-state index contributed by atoms with van der Waals surface area (Å²) in [4.78, 5) is 12.2. The summed E-state index contributed by atoms with van der Waals surface area (Å²) in [5.41, 5.74) is 0.881. The number of carbonyl (C=O) groups excluding carboxylic acids is 1. The van der Waals surface area contributed by atoms with Crippen LogP contribution in [0.5, 0.6) is 5.75 Å². The Hall–Kier alpha value is -2.19. The molecule has 0 radical (unpaired) electrons. The number of benzene rings is 2. The number of hydrogen-bond acceptors (Lipinski definition) is 5. The second-order valence-corrected chi connectivity index (χ2v) is 8.15. The molecule has 0 saturated heterocycles. The maximum atomic E-state index is 12.3. The van der Waals surface area contributed by atoms with Gasteiger partial charge in [0.05, 0.1) is 12.0 Å². The molecule has 0 fully saturated rings. The lowest BCUT2D eigenvalue weighted by molar-refractivity contribution is 0.0981. The van der Waals surface area contributed by atoms with Crippen molar-refractivity contribution in [3.8, 4) is 5.75 Å². The van der Waals surface area contributed by atoms with Crippen LogP contribution >= 0.6 is 0 Å². The Balaban J connectivity index is 2.23. The molecule has 0 aliphatic rings. The SMILES string of the molecule is COc1cccc(S(=O)(=O)NC(=O)c2cccc(CS(C)=O)c2)c1. The van der Waals surface area contributed by atoms with Crippen LogP contribution in [0, 0.1) is 0 Å². The molecule has 1 atom stereocenters. The Labute approximate surface area is 143 Å². The first-order chi connectivity index (χ1) is 11.3. The van der Waals surface area contributed by atoms with Gasteiger partial charge in [0, 0.05) is 34.4 Å². The van der Waals surface area contributed by atoms with E-state index in [1.54, 1.807) is 24.5 Å². The summed E-state index contributed by atoms with van der Waals surface area (Å²) in [5.74, 6) is -0.0803. The number of hydrogen-bond donors (Lipinski definition) is 1. The summed E-state index contributed by atoms with van der Waals surface area (Å²) in [6, 6.07) is 12.2. The van der Waals surface area contributed by atoms with Gasteiger partial charge in [-0.15, -0.1) is 0 Å². The second kappa shape index (κ2) is 7.59. The predicted octanol–water partition coefficient (Wildman–Crippen LogP) is 1.69. The minimum Gasteiger partial charge on any atom is -0.497 e. The Kier molecular flexibility index (Phi) is 5.74. The second-order valence-electron chi connectivity index (χ2n) is 5.03. The van der Waals surface area contributed by atoms with Gasteiger partial charge in [-0.05, 0) is 29.8 Å². The topological polar surface area (TPSA) is 89.5 Å². The molecular formula is C16H17NO5S2. The summed E-state index contributed by atoms with van der Waals surface area (Å²) >= 11 is 0. The van der Waals surface area contributed by atoms with Crippen molar-refractivity contribution in [2.24, 2.45) is 0 Å². The van der Waals surface area contributed by atoms with Crippen molar-refractivity contribution in [3.05, 3.63) is 59.7 Å². The Morgan fingerprint density at radius 1 is 1.17 bits per heavy atom. The molecule has 2 aromatic rings. The molecule has 128 valence electrons. The van der Waals surface area contributed by atoms with Gasteiger partial charge in [0.25, 0.3) is 15.9 Å². The number of sulfonamides is 1. The third kappa shape index (κ3) is 4.65. The zero-order chi connectivity index (χ0) is 17.7. The number of rotatable bonds is 6. The van der Waals surface area contributed by atoms with Gasteiger partial charge in [0.2, 0.25) is 0 Å². The first kappa shape index (κ1) is 18.2. The fourth-order valence-electron chi connectivity index (χ4n) is 2.05. The molecule has 0 bridgehead atoms. The van der Waals surface area contributed by atoms with Crippen molar-refractivity contribution in [1.29, 1.82) is 0 Å². The summed E-state index contributed by atoms with van der Waals surface area (Å²) < 4.78 is 42.9. The smallest absolute Gasteiger partial charge is 0.265 e. The molecule has 0 aromatic heterocycles. The molecule has 2 aromatic carbocycles. The quantitative estimate of drug-likeness (QED) is 0.839. The monoisotopic (exact) mass is 367 g/mol. The van der Waals surface area contributed by atoms with E-state index in [4.69, 9.17) is 4.74 Å². The summed E-state index contributed by atoms with van der Waals surface area (Å²) in [6.45, 7) is 0. The fraction of sp³-hybridized carbons (Fsp3) is 0.188. The van der Waals surface area contributed by atoms with Gasteiger partial charge >= 0.3 is 0 Å². The highest BCUT2D eigenvalue weighted by Gasteiger charge is 2.19. The zero-order valence-corrected chi connectivity index (χ0v) is 14.8. The molecule has 1 amide bonds. The lowest BCUT2D eigenvalue weighted by Gasteiger charge is -2.09. The molecule has 24 heavy (non-hydrogen) atoms. The first-order valence-electron chi connectivity index (χ1n) is 6.92. The molecule has 8 heteroatoms. The maximum absolute atomic E-state index is 12.3. The van der Waals surface area contributed by atoms with Crippen molar-refractivity contribution in [3.63, 3.8) is 0 Å². The molecule has 0 spiro atoms. The van der Waals surface area contributed by atoms with Crippen LogP contribution in [0.15, 0.2) is 53.4 Å². The van der Waals surface area contributed by atoms with Crippen molar-refractivity contribution < 1.29 is 22.2 Å². The highest BCUT2D eigenvalue weighted by atomic mass is 32.2. The van der Waals surface area contributed by atoms with Crippen LogP contribution in [-0.2, 0) is 26.6 Å². The van der Waals surface area contributed by atoms with E-state index in [2.05, 4.69) is 0 Å². The third-order valence-electron chi connectivity index (χ3n) is 3.14. The normalized spacial score (nSPS) is 12.4. The highest BCUT2D eigenvalue weighted by molar-refractivity contribution is 7.90. The molecule has 6 nitrogen and oxygen atoms in total. The van der Waals surface area contributed by atoms with Crippen molar-refractivity contribution in [1.82, 2.24) is 4.72 Å². The minimum absolute atomic E-state index is 0.0685. The van der Waals surface area contributed by atoms with Crippen LogP contribution in [0.1, 0.15) is 15.9 Å². The van der Waals surface area contributed by atoms with Gasteiger partial charge in [-0.25, -0.2) is 13.1 Å². The van der Waals surface area contributed by atoms with Crippen molar-refractivity contribution in [2.45, 2.75) is 10.6 Å². The van der Waals surface area contributed by atoms with Gasteiger partial charge in [0.1, 0.15) is 5.75 Å². The predicted molar refractivity (Wildman–Crippen MR) is 91.9 cm³/mol. The van der Waals surface area contributed by atoms with Crippen molar-refractivity contribution in [2.75, 3.05) is 13.4 Å². The molecular weight excluding hydrogens is 350 g/mol. The Morgan fingerprint density at radius 3 is 2.54 bits per heavy atom. The van der Waals surface area contributed by atoms with E-state index >= 15 is 0 Å². The van der Waals surface area contributed by atoms with Gasteiger partial charge < -0.3 is 4.74 Å². The summed E-state index contributed by atoms with van der Waals surface area (Å²) in [6.07, 6.45) is 1.56. The lowest BCUT2D eigenvalue weighted by Crippen LogP contribution is -2.30. The van der Waals surface area contributed by atoms with Crippen LogP contribution in [0.2, 0.25) is 0 Å². The average Bonchev–Trinajstić information content (AvgIpc) is 2.54. The number of methoxy groups -OCH3 is 1. The highest BCUT2D eigenvalue weighted by Crippen LogP contribution is 2.17. The van der Waals surface area contributed by atoms with Crippen LogP contribution < -0.4 is 9.46 Å². The number of amides is 1. The molecule has 0 saturated carbocycles. The summed E-state index contributed by atoms with van der Waals surface area (Å²) in [5, 5.41) is 0. The largest absolute Gasteiger partial charge is 0.497 e. The van der Waals surface area contributed by atoms with Gasteiger partial charge in [-0.1, -0.05) is 18.2 Å². The lowest BCUT2D eigenvalue weighted by atomic mass is 10.1. The molecule has 2 rings (SSSR count). The van der Waals surface area contributed by atoms with Crippen LogP contribution in [0.25, 0.3) is 0 Å². The third-order valence-corrected chi connectivity index (χ3v) is 5.21. The van der Waals surface area contributed by atoms with E-state index in [0.717, 1.165) is 0 Å². The molecule has 0 aliphatic heterocycles. The van der Waals surface area contributed by atoms with Gasteiger partial charge in [0.15, 0.2) is 0 Å². The number of nitrogens with one attached hydrogen (secondary N) is 1. The van der Waals surface area contributed by atoms with Crippen LogP contribution in [-0.4, -0.2) is 31.9 Å². The van der Waals surface area contributed by atoms with Crippen LogP contribution in [0.3, 0.4) is 0 Å². The van der Waals surface area contributed by atoms with Gasteiger partial charge in [-0.3, -0.25) is 9.00 Å². The van der Waals surface area contributed by atoms with Gasteiger partial charge in [-0.2, -0.15) is 0 Å². The van der Waals surface area contributed by atoms with E-state index in [0.29, 0.717) is 17.1 Å². The molecule has 0 aliphatic carbocycles. The minimum atomic E-state index is -4.02. The number of carbonyl (C=O) groups is 1. The standard InChI is InChI=1S/C16H17NO5S2/c1-22-14-7-4-8-15(10-14)24(20,21)17-16(18)13-6-3-5-12(9-13)11-23(2)19/h3-10H,11H2,1-2H3,(H,17,18). The summed E-state index contributed by atoms with van der Waals surface area (Å²) in [7, 11) is -3.65. The fourth-order valence-corrected chi connectivity index (χ4v) is 3.70. The van der Waals surface area contributed by atoms with E-state index in [1.807, 2.05) is 4.72 Å². The molecule has 0 heterocycles. The average molecular weight is 367 g/mol. The molecule has 1 unspecified atom stereocenters. The van der Waals surface area contributed by atoms with E-state index < -0.39 is 26.7 Å². The van der Waals surface area contributed by atoms with Crippen LogP contribution in [0.4, 0.5) is 0 Å². The van der Waals surface area contributed by atoms with E-state index in [-0.39, 0.29) is 10.5 Å². The van der Waals surface area contributed by atoms with E-state index in [9.17, 15) is 17.4 Å². The van der Waals surface area contributed by atoms with Crippen molar-refractivity contribution >= 4 is 26.7 Å². The Bertz CT molecular complexity index is 878. The molecule has 1 N–H and O–H groups in total.